The van der Waals surface area contributed by atoms with Crippen LogP contribution in [0.25, 0.3) is 0 Å². The van der Waals surface area contributed by atoms with Gasteiger partial charge in [0, 0.05) is 5.02 Å². The lowest BCUT2D eigenvalue weighted by molar-refractivity contribution is -0.907. The highest BCUT2D eigenvalue weighted by atomic mass is 35.5. The summed E-state index contributed by atoms with van der Waals surface area (Å²) in [5, 5.41) is 10.8. The van der Waals surface area contributed by atoms with Crippen LogP contribution in [0.2, 0.25) is 5.02 Å². The summed E-state index contributed by atoms with van der Waals surface area (Å²) in [4.78, 5) is 27.5. The van der Waals surface area contributed by atoms with Gasteiger partial charge < -0.3 is 19.6 Å². The van der Waals surface area contributed by atoms with Gasteiger partial charge in [0.25, 0.3) is 5.91 Å². The van der Waals surface area contributed by atoms with Gasteiger partial charge in [-0.3, -0.25) is 9.59 Å². The number of carbonyl (C=O) groups is 2. The molecule has 0 aromatic heterocycles. The van der Waals surface area contributed by atoms with E-state index in [1.807, 2.05) is 0 Å². The van der Waals surface area contributed by atoms with Gasteiger partial charge in [0.2, 0.25) is 0 Å². The molecule has 1 atom stereocenters. The molecule has 1 amide bonds. The molecule has 0 unspecified atom stereocenters. The van der Waals surface area contributed by atoms with Crippen molar-refractivity contribution in [3.8, 4) is 0 Å². The zero-order valence-corrected chi connectivity index (χ0v) is 14.9. The van der Waals surface area contributed by atoms with E-state index in [4.69, 9.17) is 16.3 Å². The molecule has 0 aliphatic carbocycles. The van der Waals surface area contributed by atoms with E-state index >= 15 is 0 Å². The zero-order valence-electron chi connectivity index (χ0n) is 14.1. The number of rotatable bonds is 5. The van der Waals surface area contributed by atoms with Crippen molar-refractivity contribution in [2.75, 3.05) is 39.4 Å². The van der Waals surface area contributed by atoms with Gasteiger partial charge >= 0.3 is 0 Å². The number of aliphatic hydroxyl groups excluding tert-OH is 1. The molecule has 0 spiro atoms. The van der Waals surface area contributed by atoms with Gasteiger partial charge in [-0.05, 0) is 24.6 Å². The lowest BCUT2D eigenvalue weighted by Crippen LogP contribution is -3.14. The first-order valence-electron chi connectivity index (χ1n) is 8.41. The number of hydrogen-bond donors (Lipinski definition) is 2. The minimum Gasteiger partial charge on any atom is -0.503 e. The molecule has 0 radical (unpaired) electrons. The standard InChI is InChI=1S/C18H21ClN2O4/c1-12(22)15-16(13-2-4-14(19)5-3-13)21(18(24)17(15)23)7-6-20-8-10-25-11-9-20/h2-5,16,23H,6-11H2,1H3/p+1/t16-/m0/s1. The number of aliphatic hydroxyl groups is 1. The Morgan fingerprint density at radius 3 is 2.56 bits per heavy atom. The van der Waals surface area contributed by atoms with Gasteiger partial charge in [-0.15, -0.1) is 0 Å². The Bertz CT molecular complexity index is 696. The number of ketones is 1. The fourth-order valence-electron chi connectivity index (χ4n) is 3.42. The minimum atomic E-state index is -0.567. The number of nitrogens with zero attached hydrogens (tertiary/aromatic N) is 1. The predicted octanol–water partition coefficient (Wildman–Crippen LogP) is 0.540. The first-order valence-corrected chi connectivity index (χ1v) is 8.78. The highest BCUT2D eigenvalue weighted by Crippen LogP contribution is 2.37. The first kappa shape index (κ1) is 17.9. The van der Waals surface area contributed by atoms with Crippen LogP contribution in [0.1, 0.15) is 18.5 Å². The number of morpholine rings is 1. The number of quaternary nitrogens is 1. The molecule has 1 fully saturated rings. The molecular formula is C18H22ClN2O4+. The summed E-state index contributed by atoms with van der Waals surface area (Å²) in [6.07, 6.45) is 0. The molecule has 2 heterocycles. The second-order valence-electron chi connectivity index (χ2n) is 6.38. The molecule has 0 saturated carbocycles. The van der Waals surface area contributed by atoms with E-state index in [1.54, 1.807) is 29.2 Å². The van der Waals surface area contributed by atoms with Gasteiger partial charge in [-0.2, -0.15) is 0 Å². The van der Waals surface area contributed by atoms with Crippen LogP contribution < -0.4 is 4.90 Å². The van der Waals surface area contributed by atoms with Crippen molar-refractivity contribution >= 4 is 23.3 Å². The predicted molar refractivity (Wildman–Crippen MR) is 92.6 cm³/mol. The van der Waals surface area contributed by atoms with E-state index < -0.39 is 17.7 Å². The number of benzene rings is 1. The van der Waals surface area contributed by atoms with E-state index in [0.717, 1.165) is 25.2 Å². The van der Waals surface area contributed by atoms with Gasteiger partial charge in [-0.1, -0.05) is 23.7 Å². The number of Topliss-reactive ketones (excluding diaryl/α,β-unsaturated/α-hetero) is 1. The first-order chi connectivity index (χ1) is 12.0. The molecule has 1 aromatic carbocycles. The van der Waals surface area contributed by atoms with Crippen LogP contribution in [0, 0.1) is 0 Å². The molecule has 134 valence electrons. The normalized spacial score (nSPS) is 21.9. The topological polar surface area (TPSA) is 71.3 Å². The molecule has 1 saturated heterocycles. The second kappa shape index (κ2) is 7.56. The lowest BCUT2D eigenvalue weighted by Gasteiger charge is -2.29. The Hall–Kier alpha value is -1.89. The van der Waals surface area contributed by atoms with Gasteiger partial charge in [0.1, 0.15) is 13.1 Å². The van der Waals surface area contributed by atoms with E-state index in [-0.39, 0.29) is 11.4 Å². The zero-order chi connectivity index (χ0) is 18.0. The molecule has 25 heavy (non-hydrogen) atoms. The quantitative estimate of drug-likeness (QED) is 0.799. The number of hydrogen-bond acceptors (Lipinski definition) is 4. The molecule has 2 aliphatic heterocycles. The van der Waals surface area contributed by atoms with Crippen molar-refractivity contribution < 1.29 is 24.3 Å². The SMILES string of the molecule is CC(=O)C1=C(O)C(=O)N(CC[NH+]2CCOCC2)[C@H]1c1ccc(Cl)cc1. The summed E-state index contributed by atoms with van der Waals surface area (Å²) in [6, 6.07) is 6.45. The van der Waals surface area contributed by atoms with Crippen LogP contribution in [-0.4, -0.2) is 61.1 Å². The maximum absolute atomic E-state index is 12.5. The van der Waals surface area contributed by atoms with Crippen LogP contribution in [0.3, 0.4) is 0 Å². The number of carbonyl (C=O) groups excluding carboxylic acids is 2. The monoisotopic (exact) mass is 365 g/mol. The van der Waals surface area contributed by atoms with Crippen molar-refractivity contribution in [1.82, 2.24) is 4.90 Å². The van der Waals surface area contributed by atoms with Crippen molar-refractivity contribution in [1.29, 1.82) is 0 Å². The summed E-state index contributed by atoms with van der Waals surface area (Å²) in [6.45, 7) is 5.80. The summed E-state index contributed by atoms with van der Waals surface area (Å²) in [5.41, 5.74) is 0.924. The van der Waals surface area contributed by atoms with Crippen molar-refractivity contribution in [2.45, 2.75) is 13.0 Å². The van der Waals surface area contributed by atoms with Gasteiger partial charge in [0.05, 0.1) is 37.9 Å². The summed E-state index contributed by atoms with van der Waals surface area (Å²) >= 11 is 5.95. The Labute approximate surface area is 151 Å². The van der Waals surface area contributed by atoms with Gasteiger partial charge in [-0.25, -0.2) is 0 Å². The summed E-state index contributed by atoms with van der Waals surface area (Å²) in [7, 11) is 0. The third-order valence-corrected chi connectivity index (χ3v) is 5.03. The highest BCUT2D eigenvalue weighted by Gasteiger charge is 2.42. The van der Waals surface area contributed by atoms with Crippen molar-refractivity contribution in [3.05, 3.63) is 46.2 Å². The maximum Gasteiger partial charge on any atom is 0.290 e. The van der Waals surface area contributed by atoms with Crippen molar-refractivity contribution in [2.24, 2.45) is 0 Å². The Morgan fingerprint density at radius 1 is 1.32 bits per heavy atom. The molecular weight excluding hydrogens is 344 g/mol. The van der Waals surface area contributed by atoms with Crippen LogP contribution >= 0.6 is 11.6 Å². The van der Waals surface area contributed by atoms with Crippen molar-refractivity contribution in [3.63, 3.8) is 0 Å². The molecule has 2 aliphatic rings. The van der Waals surface area contributed by atoms with E-state index in [2.05, 4.69) is 0 Å². The molecule has 2 N–H and O–H groups in total. The minimum absolute atomic E-state index is 0.157. The van der Waals surface area contributed by atoms with E-state index in [9.17, 15) is 14.7 Å². The molecule has 7 heteroatoms. The highest BCUT2D eigenvalue weighted by molar-refractivity contribution is 6.30. The largest absolute Gasteiger partial charge is 0.503 e. The molecule has 0 bridgehead atoms. The maximum atomic E-state index is 12.5. The number of nitrogens with one attached hydrogen (secondary N) is 1. The number of halogens is 1. The summed E-state index contributed by atoms with van der Waals surface area (Å²) in [5.74, 6) is -1.23. The summed E-state index contributed by atoms with van der Waals surface area (Å²) < 4.78 is 5.35. The smallest absolute Gasteiger partial charge is 0.290 e. The number of ether oxygens (including phenoxy) is 1. The van der Waals surface area contributed by atoms with Crippen LogP contribution in [0.5, 0.6) is 0 Å². The third kappa shape index (κ3) is 3.71. The second-order valence-corrected chi connectivity index (χ2v) is 6.82. The Morgan fingerprint density at radius 2 is 1.96 bits per heavy atom. The molecule has 1 aromatic rings. The average molecular weight is 366 g/mol. The van der Waals surface area contributed by atoms with Crippen LogP contribution in [-0.2, 0) is 14.3 Å². The lowest BCUT2D eigenvalue weighted by atomic mass is 9.97. The Kier molecular flexibility index (Phi) is 5.42. The molecule has 6 nitrogen and oxygen atoms in total. The fraction of sp³-hybridized carbons (Fsp3) is 0.444. The Balaban J connectivity index is 1.85. The average Bonchev–Trinajstić information content (AvgIpc) is 2.86. The van der Waals surface area contributed by atoms with E-state index in [1.165, 1.54) is 11.8 Å². The third-order valence-electron chi connectivity index (χ3n) is 4.77. The fourth-order valence-corrected chi connectivity index (χ4v) is 3.55. The molecule has 3 rings (SSSR count). The van der Waals surface area contributed by atoms with E-state index in [0.29, 0.717) is 24.8 Å². The van der Waals surface area contributed by atoms with Gasteiger partial charge in [0.15, 0.2) is 11.5 Å². The number of amides is 1. The van der Waals surface area contributed by atoms with Crippen LogP contribution in [0.4, 0.5) is 0 Å². The van der Waals surface area contributed by atoms with Crippen LogP contribution in [0.15, 0.2) is 35.6 Å².